The molecule has 0 spiro atoms. The van der Waals surface area contributed by atoms with Gasteiger partial charge in [0, 0.05) is 12.6 Å². The van der Waals surface area contributed by atoms with Gasteiger partial charge in [-0.25, -0.2) is 0 Å². The first-order valence-electron chi connectivity index (χ1n) is 7.92. The fraction of sp³-hybridized carbons (Fsp3) is 0.938. The van der Waals surface area contributed by atoms with E-state index in [1.165, 1.54) is 12.1 Å². The van der Waals surface area contributed by atoms with Crippen LogP contribution in [-0.4, -0.2) is 36.1 Å². The van der Waals surface area contributed by atoms with E-state index in [9.17, 15) is 5.11 Å². The summed E-state index contributed by atoms with van der Waals surface area (Å²) < 4.78 is 0. The molecule has 2 N–H and O–H groups in total. The molecule has 2 fully saturated rings. The third-order valence-corrected chi connectivity index (χ3v) is 5.10. The number of hydrogen-bond donors (Lipinski definition) is 2. The Morgan fingerprint density at radius 1 is 1.40 bits per heavy atom. The van der Waals surface area contributed by atoms with Crippen LogP contribution >= 0.6 is 0 Å². The van der Waals surface area contributed by atoms with Gasteiger partial charge in [0.1, 0.15) is 12.7 Å². The highest BCUT2D eigenvalue weighted by Gasteiger charge is 2.60. The van der Waals surface area contributed by atoms with Gasteiger partial charge in [0.25, 0.3) is 0 Å². The summed E-state index contributed by atoms with van der Waals surface area (Å²) in [4.78, 5) is 5.37. The zero-order valence-corrected chi connectivity index (χ0v) is 13.5. The zero-order chi connectivity index (χ0) is 14.9. The maximum atomic E-state index is 9.78. The summed E-state index contributed by atoms with van der Waals surface area (Å²) in [5, 5.41) is 17.3. The lowest BCUT2D eigenvalue weighted by Gasteiger charge is -2.19. The highest BCUT2D eigenvalue weighted by Crippen LogP contribution is 2.65. The topological polar surface area (TPSA) is 53.8 Å². The predicted molar refractivity (Wildman–Crippen MR) is 81.7 cm³/mol. The Bertz CT molecular complexity index is 365. The van der Waals surface area contributed by atoms with Crippen molar-refractivity contribution in [3.05, 3.63) is 0 Å². The van der Waals surface area contributed by atoms with Crippen LogP contribution in [0.25, 0.3) is 0 Å². The molecule has 20 heavy (non-hydrogen) atoms. The van der Waals surface area contributed by atoms with E-state index in [1.54, 1.807) is 0 Å². The molecular weight excluding hydrogens is 252 g/mol. The Hall–Kier alpha value is -0.610. The lowest BCUT2D eigenvalue weighted by atomic mass is 9.89. The summed E-state index contributed by atoms with van der Waals surface area (Å²) in [6.45, 7) is 11.9. The van der Waals surface area contributed by atoms with Gasteiger partial charge in [-0.15, -0.1) is 0 Å². The van der Waals surface area contributed by atoms with Gasteiger partial charge in [-0.3, -0.25) is 0 Å². The van der Waals surface area contributed by atoms with Gasteiger partial charge in [0.2, 0.25) is 0 Å². The normalized spacial score (nSPS) is 35.0. The van der Waals surface area contributed by atoms with Gasteiger partial charge in [0.15, 0.2) is 0 Å². The van der Waals surface area contributed by atoms with Crippen LogP contribution < -0.4 is 5.32 Å². The van der Waals surface area contributed by atoms with Crippen molar-refractivity contribution in [2.45, 2.75) is 59.6 Å². The molecule has 0 radical (unpaired) electrons. The largest absolute Gasteiger partial charge is 0.393 e. The minimum absolute atomic E-state index is 0.271. The molecule has 4 heteroatoms. The number of nitrogens with one attached hydrogen (secondary N) is 1. The number of hydrogen-bond acceptors (Lipinski definition) is 4. The average Bonchev–Trinajstić information content (AvgIpc) is 2.88. The molecule has 0 aliphatic heterocycles. The van der Waals surface area contributed by atoms with Gasteiger partial charge in [-0.05, 0) is 36.0 Å². The molecule has 0 saturated heterocycles. The van der Waals surface area contributed by atoms with Crippen LogP contribution in [0.3, 0.4) is 0 Å². The lowest BCUT2D eigenvalue weighted by Crippen LogP contribution is -2.34. The van der Waals surface area contributed by atoms with E-state index < -0.39 is 6.10 Å². The van der Waals surface area contributed by atoms with Crippen molar-refractivity contribution in [2.75, 3.05) is 13.2 Å². The molecule has 2 aliphatic rings. The summed E-state index contributed by atoms with van der Waals surface area (Å²) >= 11 is 0. The van der Waals surface area contributed by atoms with Crippen LogP contribution in [-0.2, 0) is 4.84 Å². The summed E-state index contributed by atoms with van der Waals surface area (Å²) in [6, 6.07) is 0.378. The molecule has 0 amide bonds. The Labute approximate surface area is 123 Å². The fourth-order valence-corrected chi connectivity index (χ4v) is 3.44. The van der Waals surface area contributed by atoms with Gasteiger partial charge in [-0.2, -0.15) is 0 Å². The molecule has 2 aliphatic carbocycles. The predicted octanol–water partition coefficient (Wildman–Crippen LogP) is 2.42. The molecule has 2 saturated carbocycles. The van der Waals surface area contributed by atoms with Crippen molar-refractivity contribution in [3.63, 3.8) is 0 Å². The summed E-state index contributed by atoms with van der Waals surface area (Å²) in [7, 11) is 0. The number of aliphatic hydroxyl groups is 1. The van der Waals surface area contributed by atoms with Crippen molar-refractivity contribution in [1.82, 2.24) is 5.32 Å². The van der Waals surface area contributed by atoms with E-state index in [4.69, 9.17) is 4.84 Å². The first-order chi connectivity index (χ1) is 9.32. The summed E-state index contributed by atoms with van der Waals surface area (Å²) in [5.74, 6) is 2.18. The molecule has 4 nitrogen and oxygen atoms in total. The van der Waals surface area contributed by atoms with E-state index >= 15 is 0 Å². The molecule has 4 atom stereocenters. The van der Waals surface area contributed by atoms with Crippen LogP contribution in [0.5, 0.6) is 0 Å². The number of aliphatic hydroxyl groups excluding tert-OH is 1. The molecule has 0 aromatic rings. The van der Waals surface area contributed by atoms with Gasteiger partial charge in [-0.1, -0.05) is 39.8 Å². The number of oxime groups is 1. The van der Waals surface area contributed by atoms with Crippen LogP contribution in [0.15, 0.2) is 5.16 Å². The maximum absolute atomic E-state index is 9.78. The van der Waals surface area contributed by atoms with E-state index in [2.05, 4.69) is 45.1 Å². The lowest BCUT2D eigenvalue weighted by molar-refractivity contribution is 0.0382. The quantitative estimate of drug-likeness (QED) is 0.736. The van der Waals surface area contributed by atoms with Gasteiger partial charge in [0.05, 0.1) is 5.71 Å². The van der Waals surface area contributed by atoms with E-state index in [0.717, 1.165) is 18.3 Å². The van der Waals surface area contributed by atoms with E-state index in [0.29, 0.717) is 23.9 Å². The Morgan fingerprint density at radius 3 is 2.75 bits per heavy atom. The van der Waals surface area contributed by atoms with Crippen LogP contribution in [0.2, 0.25) is 0 Å². The third kappa shape index (κ3) is 3.53. The molecule has 2 rings (SSSR count). The standard InChI is InChI=1S/C16H30N2O2/c1-10(2)17-8-12(19)9-20-18-15-7-14-13(6-11(15)3)16(14,4)5/h10-14,17,19H,6-9H2,1-5H3. The highest BCUT2D eigenvalue weighted by molar-refractivity contribution is 5.87. The molecular formula is C16H30N2O2. The second-order valence-electron chi connectivity index (χ2n) is 7.47. The number of nitrogens with zero attached hydrogens (tertiary/aromatic N) is 1. The molecule has 0 aromatic heterocycles. The molecule has 116 valence electrons. The number of fused-ring (bicyclic) bond motifs is 1. The summed E-state index contributed by atoms with van der Waals surface area (Å²) in [6.07, 6.45) is 1.81. The number of rotatable bonds is 6. The highest BCUT2D eigenvalue weighted by atomic mass is 16.6. The van der Waals surface area contributed by atoms with Gasteiger partial charge < -0.3 is 15.3 Å². The van der Waals surface area contributed by atoms with Crippen molar-refractivity contribution >= 4 is 5.71 Å². The van der Waals surface area contributed by atoms with Crippen molar-refractivity contribution in [2.24, 2.45) is 28.3 Å². The minimum atomic E-state index is -0.495. The van der Waals surface area contributed by atoms with E-state index in [-0.39, 0.29) is 6.61 Å². The Morgan fingerprint density at radius 2 is 2.10 bits per heavy atom. The smallest absolute Gasteiger partial charge is 0.144 e. The molecule has 0 bridgehead atoms. The Kier molecular flexibility index (Phi) is 4.75. The second kappa shape index (κ2) is 6.02. The van der Waals surface area contributed by atoms with Crippen LogP contribution in [0.4, 0.5) is 0 Å². The summed E-state index contributed by atoms with van der Waals surface area (Å²) in [5.41, 5.74) is 1.67. The zero-order valence-electron chi connectivity index (χ0n) is 13.5. The first-order valence-corrected chi connectivity index (χ1v) is 7.92. The first kappa shape index (κ1) is 15.8. The maximum Gasteiger partial charge on any atom is 0.144 e. The van der Waals surface area contributed by atoms with Crippen molar-refractivity contribution in [1.29, 1.82) is 0 Å². The molecule has 0 aromatic carbocycles. The molecule has 0 heterocycles. The average molecular weight is 282 g/mol. The monoisotopic (exact) mass is 282 g/mol. The van der Waals surface area contributed by atoms with Gasteiger partial charge >= 0.3 is 0 Å². The SMILES string of the molecule is CC(C)NCC(O)CON=C1CC2C(CC1C)C2(C)C. The minimum Gasteiger partial charge on any atom is -0.393 e. The van der Waals surface area contributed by atoms with Crippen LogP contribution in [0, 0.1) is 23.2 Å². The van der Waals surface area contributed by atoms with E-state index in [1.807, 2.05) is 0 Å². The second-order valence-corrected chi connectivity index (χ2v) is 7.47. The third-order valence-electron chi connectivity index (χ3n) is 5.10. The molecule has 4 unspecified atom stereocenters. The fourth-order valence-electron chi connectivity index (χ4n) is 3.44. The van der Waals surface area contributed by atoms with Crippen molar-refractivity contribution in [3.8, 4) is 0 Å². The van der Waals surface area contributed by atoms with Crippen molar-refractivity contribution < 1.29 is 9.94 Å². The Balaban J connectivity index is 1.74. The van der Waals surface area contributed by atoms with Crippen LogP contribution in [0.1, 0.15) is 47.5 Å².